The summed E-state index contributed by atoms with van der Waals surface area (Å²) in [6, 6.07) is 0. The van der Waals surface area contributed by atoms with E-state index in [2.05, 4.69) is 34.4 Å². The monoisotopic (exact) mass is 286 g/mol. The van der Waals surface area contributed by atoms with Crippen LogP contribution in [0, 0.1) is 5.92 Å². The molecule has 1 fully saturated rings. The SMILES string of the molecule is CCCC(C)(PC)C(=O)OC(C)(C)C1CCCCC1. The van der Waals surface area contributed by atoms with Crippen LogP contribution in [0.2, 0.25) is 0 Å². The number of rotatable bonds is 6. The van der Waals surface area contributed by atoms with E-state index in [-0.39, 0.29) is 16.7 Å². The summed E-state index contributed by atoms with van der Waals surface area (Å²) in [5.74, 6) is 0.557. The van der Waals surface area contributed by atoms with Crippen LogP contribution >= 0.6 is 8.58 Å². The second-order valence-corrected chi connectivity index (χ2v) is 8.26. The molecule has 1 saturated carbocycles. The van der Waals surface area contributed by atoms with Crippen molar-refractivity contribution in [3.05, 3.63) is 0 Å². The van der Waals surface area contributed by atoms with Crippen molar-refractivity contribution in [2.75, 3.05) is 6.66 Å². The molecule has 2 nitrogen and oxygen atoms in total. The summed E-state index contributed by atoms with van der Waals surface area (Å²) in [6.07, 6.45) is 8.29. The first-order chi connectivity index (χ1) is 8.85. The van der Waals surface area contributed by atoms with Crippen LogP contribution in [0.1, 0.15) is 72.6 Å². The zero-order chi connectivity index (χ0) is 14.5. The Kier molecular flexibility index (Phi) is 6.30. The third kappa shape index (κ3) is 4.45. The lowest BCUT2D eigenvalue weighted by atomic mass is 9.78. The number of hydrogen-bond acceptors (Lipinski definition) is 2. The van der Waals surface area contributed by atoms with Crippen LogP contribution in [-0.2, 0) is 9.53 Å². The van der Waals surface area contributed by atoms with Crippen LogP contribution in [0.4, 0.5) is 0 Å². The first kappa shape index (κ1) is 17.0. The highest BCUT2D eigenvalue weighted by atomic mass is 31.1. The predicted octanol–water partition coefficient (Wildman–Crippen LogP) is 4.76. The molecule has 3 heteroatoms. The molecule has 0 aliphatic heterocycles. The summed E-state index contributed by atoms with van der Waals surface area (Å²) in [4.78, 5) is 12.5. The van der Waals surface area contributed by atoms with Gasteiger partial charge in [0.1, 0.15) is 5.60 Å². The minimum atomic E-state index is -0.299. The second-order valence-electron chi connectivity index (χ2n) is 6.66. The lowest BCUT2D eigenvalue weighted by Gasteiger charge is -2.39. The van der Waals surface area contributed by atoms with Gasteiger partial charge in [0.05, 0.1) is 5.16 Å². The standard InChI is InChI=1S/C16H31O2P/c1-6-12-16(4,19-5)14(17)18-15(2,3)13-10-8-7-9-11-13/h13,19H,6-12H2,1-5H3. The minimum Gasteiger partial charge on any atom is -0.459 e. The van der Waals surface area contributed by atoms with Crippen molar-refractivity contribution in [1.29, 1.82) is 0 Å². The van der Waals surface area contributed by atoms with Crippen molar-refractivity contribution in [2.24, 2.45) is 5.92 Å². The Morgan fingerprint density at radius 2 is 1.79 bits per heavy atom. The molecule has 0 spiro atoms. The molecule has 0 heterocycles. The van der Waals surface area contributed by atoms with E-state index < -0.39 is 0 Å². The number of carbonyl (C=O) groups is 1. The van der Waals surface area contributed by atoms with E-state index in [1.165, 1.54) is 32.1 Å². The summed E-state index contributed by atoms with van der Waals surface area (Å²) in [7, 11) is 0.609. The van der Waals surface area contributed by atoms with Gasteiger partial charge in [-0.25, -0.2) is 0 Å². The normalized spacial score (nSPS) is 21.5. The van der Waals surface area contributed by atoms with Gasteiger partial charge in [0.15, 0.2) is 0 Å². The van der Waals surface area contributed by atoms with E-state index in [0.717, 1.165) is 12.8 Å². The first-order valence-electron chi connectivity index (χ1n) is 7.78. The van der Waals surface area contributed by atoms with Crippen LogP contribution in [0.5, 0.6) is 0 Å². The maximum Gasteiger partial charge on any atom is 0.316 e. The molecule has 0 aromatic rings. The average Bonchev–Trinajstić information content (AvgIpc) is 2.39. The van der Waals surface area contributed by atoms with Crippen molar-refractivity contribution in [2.45, 2.75) is 83.4 Å². The van der Waals surface area contributed by atoms with Crippen LogP contribution in [0.3, 0.4) is 0 Å². The van der Waals surface area contributed by atoms with E-state index in [1.54, 1.807) is 0 Å². The molecular weight excluding hydrogens is 255 g/mol. The minimum absolute atomic E-state index is 0.0192. The topological polar surface area (TPSA) is 26.3 Å². The van der Waals surface area contributed by atoms with E-state index in [0.29, 0.717) is 14.5 Å². The molecule has 0 radical (unpaired) electrons. The third-order valence-electron chi connectivity index (χ3n) is 4.70. The summed E-state index contributed by atoms with van der Waals surface area (Å²) in [5.41, 5.74) is -0.299. The van der Waals surface area contributed by atoms with E-state index >= 15 is 0 Å². The van der Waals surface area contributed by atoms with Crippen molar-refractivity contribution < 1.29 is 9.53 Å². The third-order valence-corrected chi connectivity index (χ3v) is 6.25. The smallest absolute Gasteiger partial charge is 0.316 e. The predicted molar refractivity (Wildman–Crippen MR) is 84.3 cm³/mol. The van der Waals surface area contributed by atoms with Crippen molar-refractivity contribution in [3.63, 3.8) is 0 Å². The maximum atomic E-state index is 12.5. The molecule has 0 amide bonds. The van der Waals surface area contributed by atoms with Gasteiger partial charge in [-0.1, -0.05) is 32.6 Å². The molecule has 0 N–H and O–H groups in total. The lowest BCUT2D eigenvalue weighted by molar-refractivity contribution is -0.166. The largest absolute Gasteiger partial charge is 0.459 e. The zero-order valence-electron chi connectivity index (χ0n) is 13.3. The molecule has 0 saturated heterocycles. The second kappa shape index (κ2) is 7.07. The number of hydrogen-bond donors (Lipinski definition) is 0. The van der Waals surface area contributed by atoms with Gasteiger partial charge in [-0.15, -0.1) is 8.58 Å². The van der Waals surface area contributed by atoms with Crippen molar-refractivity contribution in [3.8, 4) is 0 Å². The lowest BCUT2D eigenvalue weighted by Crippen LogP contribution is -2.43. The van der Waals surface area contributed by atoms with Gasteiger partial charge >= 0.3 is 5.97 Å². The van der Waals surface area contributed by atoms with Crippen LogP contribution in [0.25, 0.3) is 0 Å². The molecule has 0 aromatic heterocycles. The summed E-state index contributed by atoms with van der Waals surface area (Å²) in [5, 5.41) is -0.277. The molecule has 1 aliphatic carbocycles. The fraction of sp³-hybridized carbons (Fsp3) is 0.938. The molecular formula is C16H31O2P. The van der Waals surface area contributed by atoms with Crippen LogP contribution < -0.4 is 0 Å². The van der Waals surface area contributed by atoms with Crippen LogP contribution in [0.15, 0.2) is 0 Å². The fourth-order valence-electron chi connectivity index (χ4n) is 3.06. The Labute approximate surface area is 120 Å². The van der Waals surface area contributed by atoms with Crippen molar-refractivity contribution >= 4 is 14.6 Å². The molecule has 0 bridgehead atoms. The van der Waals surface area contributed by atoms with Crippen LogP contribution in [-0.4, -0.2) is 23.4 Å². The maximum absolute atomic E-state index is 12.5. The van der Waals surface area contributed by atoms with E-state index in [9.17, 15) is 4.79 Å². The van der Waals surface area contributed by atoms with Gasteiger partial charge in [-0.2, -0.15) is 0 Å². The Morgan fingerprint density at radius 1 is 1.21 bits per heavy atom. The van der Waals surface area contributed by atoms with Gasteiger partial charge in [0.2, 0.25) is 0 Å². The fourth-order valence-corrected chi connectivity index (χ4v) is 3.82. The number of carbonyl (C=O) groups excluding carboxylic acids is 1. The molecule has 1 aliphatic rings. The summed E-state index contributed by atoms with van der Waals surface area (Å²) >= 11 is 0. The highest BCUT2D eigenvalue weighted by Crippen LogP contribution is 2.39. The summed E-state index contributed by atoms with van der Waals surface area (Å²) in [6.45, 7) is 10.5. The molecule has 1 rings (SSSR count). The quantitative estimate of drug-likeness (QED) is 0.520. The Morgan fingerprint density at radius 3 is 2.26 bits per heavy atom. The summed E-state index contributed by atoms with van der Waals surface area (Å²) < 4.78 is 5.95. The Bertz CT molecular complexity index is 295. The van der Waals surface area contributed by atoms with Gasteiger partial charge in [-0.05, 0) is 52.6 Å². The number of esters is 1. The Hall–Kier alpha value is -0.100. The average molecular weight is 286 g/mol. The molecule has 19 heavy (non-hydrogen) atoms. The van der Waals surface area contributed by atoms with Gasteiger partial charge in [0.25, 0.3) is 0 Å². The van der Waals surface area contributed by atoms with Gasteiger partial charge in [-0.3, -0.25) is 4.79 Å². The molecule has 112 valence electrons. The molecule has 0 aromatic carbocycles. The zero-order valence-corrected chi connectivity index (χ0v) is 14.3. The van der Waals surface area contributed by atoms with E-state index in [1.807, 2.05) is 0 Å². The van der Waals surface area contributed by atoms with Gasteiger partial charge in [0, 0.05) is 0 Å². The highest BCUT2D eigenvalue weighted by Gasteiger charge is 2.39. The number of ether oxygens (including phenoxy) is 1. The molecule has 2 atom stereocenters. The van der Waals surface area contributed by atoms with Crippen molar-refractivity contribution in [1.82, 2.24) is 0 Å². The Balaban J connectivity index is 2.67. The van der Waals surface area contributed by atoms with E-state index in [4.69, 9.17) is 4.74 Å². The first-order valence-corrected chi connectivity index (χ1v) is 9.28. The molecule has 2 unspecified atom stereocenters. The van der Waals surface area contributed by atoms with Gasteiger partial charge < -0.3 is 4.74 Å². The highest BCUT2D eigenvalue weighted by molar-refractivity contribution is 7.40.